The second-order valence-electron chi connectivity index (χ2n) is 5.44. The van der Waals surface area contributed by atoms with E-state index in [1.807, 2.05) is 0 Å². The van der Waals surface area contributed by atoms with Crippen LogP contribution in [0.1, 0.15) is 25.7 Å². The smallest absolute Gasteiger partial charge is 0.309 e. The van der Waals surface area contributed by atoms with Crippen LogP contribution in [0.4, 0.5) is 0 Å². The molecule has 0 saturated heterocycles. The Bertz CT molecular complexity index is 358. The Morgan fingerprint density at radius 1 is 1.19 bits per heavy atom. The number of hydrogen-bond acceptors (Lipinski definition) is 3. The van der Waals surface area contributed by atoms with Crippen LogP contribution in [0, 0.1) is 29.1 Å². The summed E-state index contributed by atoms with van der Waals surface area (Å²) in [5, 5.41) is 9.30. The van der Waals surface area contributed by atoms with Gasteiger partial charge in [-0.2, -0.15) is 0 Å². The molecular weight excluding hydrogens is 208 g/mol. The van der Waals surface area contributed by atoms with Gasteiger partial charge >= 0.3 is 11.9 Å². The van der Waals surface area contributed by atoms with Crippen molar-refractivity contribution in [3.05, 3.63) is 0 Å². The van der Waals surface area contributed by atoms with E-state index in [-0.39, 0.29) is 29.1 Å². The molecular formula is C12H16O4. The van der Waals surface area contributed by atoms with Gasteiger partial charge in [-0.25, -0.2) is 0 Å². The van der Waals surface area contributed by atoms with E-state index < -0.39 is 11.9 Å². The van der Waals surface area contributed by atoms with Gasteiger partial charge in [-0.05, 0) is 42.9 Å². The van der Waals surface area contributed by atoms with Gasteiger partial charge in [0.1, 0.15) is 0 Å². The minimum Gasteiger partial charge on any atom is -0.481 e. The third-order valence-electron chi connectivity index (χ3n) is 5.11. The molecule has 4 heteroatoms. The maximum absolute atomic E-state index is 11.7. The first kappa shape index (κ1) is 10.1. The largest absolute Gasteiger partial charge is 0.481 e. The molecule has 16 heavy (non-hydrogen) atoms. The van der Waals surface area contributed by atoms with E-state index in [4.69, 9.17) is 4.74 Å². The van der Waals surface area contributed by atoms with Crippen molar-refractivity contribution in [2.24, 2.45) is 29.1 Å². The highest BCUT2D eigenvalue weighted by Gasteiger charge is 2.72. The highest BCUT2D eigenvalue weighted by Crippen LogP contribution is 2.74. The van der Waals surface area contributed by atoms with Crippen LogP contribution in [-0.4, -0.2) is 24.2 Å². The Balaban J connectivity index is 1.97. The molecule has 0 unspecified atom stereocenters. The Kier molecular flexibility index (Phi) is 1.89. The number of carboxylic acids is 1. The molecule has 3 aliphatic carbocycles. The number of aliphatic carboxylic acids is 1. The minimum atomic E-state index is -0.811. The summed E-state index contributed by atoms with van der Waals surface area (Å²) < 4.78 is 4.79. The van der Waals surface area contributed by atoms with E-state index in [0.717, 1.165) is 25.7 Å². The first-order valence-electron chi connectivity index (χ1n) is 5.92. The third-order valence-corrected chi connectivity index (χ3v) is 5.11. The van der Waals surface area contributed by atoms with Gasteiger partial charge in [0, 0.05) is 0 Å². The molecule has 1 N–H and O–H groups in total. The normalized spacial score (nSPS) is 42.3. The molecule has 4 nitrogen and oxygen atoms in total. The molecule has 3 aliphatic rings. The second-order valence-corrected chi connectivity index (χ2v) is 5.44. The van der Waals surface area contributed by atoms with Gasteiger partial charge in [0.25, 0.3) is 0 Å². The highest BCUT2D eigenvalue weighted by atomic mass is 16.5. The average molecular weight is 224 g/mol. The van der Waals surface area contributed by atoms with Crippen LogP contribution < -0.4 is 0 Å². The van der Waals surface area contributed by atoms with Crippen LogP contribution in [0.25, 0.3) is 0 Å². The van der Waals surface area contributed by atoms with E-state index in [9.17, 15) is 14.7 Å². The van der Waals surface area contributed by atoms with Gasteiger partial charge in [-0.3, -0.25) is 9.59 Å². The van der Waals surface area contributed by atoms with Crippen LogP contribution in [0.2, 0.25) is 0 Å². The summed E-state index contributed by atoms with van der Waals surface area (Å²) in [6.45, 7) is 0. The average Bonchev–Trinajstić information content (AvgIpc) is 2.92. The van der Waals surface area contributed by atoms with Gasteiger partial charge in [0.2, 0.25) is 0 Å². The van der Waals surface area contributed by atoms with Crippen molar-refractivity contribution >= 4 is 11.9 Å². The molecule has 0 amide bonds. The van der Waals surface area contributed by atoms with Crippen molar-refractivity contribution in [3.63, 3.8) is 0 Å². The lowest BCUT2D eigenvalue weighted by Gasteiger charge is -2.25. The third kappa shape index (κ3) is 1.00. The lowest BCUT2D eigenvalue weighted by molar-refractivity contribution is -0.158. The van der Waals surface area contributed by atoms with Crippen molar-refractivity contribution in [1.82, 2.24) is 0 Å². The maximum atomic E-state index is 11.7. The Morgan fingerprint density at radius 2 is 1.75 bits per heavy atom. The molecule has 0 aliphatic heterocycles. The number of rotatable bonds is 2. The molecule has 2 bridgehead atoms. The fourth-order valence-corrected chi connectivity index (χ4v) is 4.44. The molecule has 3 fully saturated rings. The Morgan fingerprint density at radius 3 is 2.19 bits per heavy atom. The summed E-state index contributed by atoms with van der Waals surface area (Å²) in [5.74, 6) is -1.51. The molecule has 0 aromatic rings. The molecule has 0 aromatic heterocycles. The predicted octanol–water partition coefficient (Wildman–Crippen LogP) is 1.30. The molecule has 0 radical (unpaired) electrons. The van der Waals surface area contributed by atoms with Crippen LogP contribution in [0.3, 0.4) is 0 Å². The maximum Gasteiger partial charge on any atom is 0.309 e. The summed E-state index contributed by atoms with van der Waals surface area (Å²) in [6, 6.07) is 0. The highest BCUT2D eigenvalue weighted by molar-refractivity contribution is 5.83. The zero-order valence-corrected chi connectivity index (χ0v) is 9.31. The number of hydrogen-bond donors (Lipinski definition) is 1. The number of carbonyl (C=O) groups excluding carboxylic acids is 1. The summed E-state index contributed by atoms with van der Waals surface area (Å²) in [4.78, 5) is 23.1. The zero-order chi connectivity index (χ0) is 11.5. The van der Waals surface area contributed by atoms with E-state index in [1.54, 1.807) is 0 Å². The van der Waals surface area contributed by atoms with Gasteiger partial charge in [-0.15, -0.1) is 0 Å². The van der Waals surface area contributed by atoms with E-state index in [2.05, 4.69) is 0 Å². The van der Waals surface area contributed by atoms with Crippen LogP contribution in [0.5, 0.6) is 0 Å². The quantitative estimate of drug-likeness (QED) is 0.718. The standard InChI is InChI=1S/C12H16O4/c1-16-11(15)9-7-3-2-6(8(9)10(13)14)12(7)4-5-12/h6-9H,2-5H2,1H3,(H,13,14)/t6-,7-,8+,9+/m1/s1. The molecule has 0 aromatic carbocycles. The number of carbonyl (C=O) groups is 2. The monoisotopic (exact) mass is 224 g/mol. The van der Waals surface area contributed by atoms with Crippen molar-refractivity contribution < 1.29 is 19.4 Å². The van der Waals surface area contributed by atoms with E-state index in [0.29, 0.717) is 0 Å². The topological polar surface area (TPSA) is 63.6 Å². The van der Waals surface area contributed by atoms with Crippen molar-refractivity contribution in [2.75, 3.05) is 7.11 Å². The molecule has 0 heterocycles. The number of ether oxygens (including phenoxy) is 1. The fourth-order valence-electron chi connectivity index (χ4n) is 4.44. The molecule has 88 valence electrons. The summed E-state index contributed by atoms with van der Waals surface area (Å²) in [6.07, 6.45) is 4.21. The van der Waals surface area contributed by atoms with Gasteiger partial charge in [0.15, 0.2) is 0 Å². The summed E-state index contributed by atoms with van der Waals surface area (Å²) >= 11 is 0. The zero-order valence-electron chi connectivity index (χ0n) is 9.31. The van der Waals surface area contributed by atoms with Crippen molar-refractivity contribution in [1.29, 1.82) is 0 Å². The van der Waals surface area contributed by atoms with Crippen LogP contribution in [0.15, 0.2) is 0 Å². The van der Waals surface area contributed by atoms with Gasteiger partial charge in [-0.1, -0.05) is 0 Å². The molecule has 1 spiro atoms. The van der Waals surface area contributed by atoms with Crippen LogP contribution >= 0.6 is 0 Å². The first-order valence-corrected chi connectivity index (χ1v) is 5.92. The predicted molar refractivity (Wildman–Crippen MR) is 54.5 cm³/mol. The lowest BCUT2D eigenvalue weighted by atomic mass is 9.79. The number of carboxylic acid groups (broad SMARTS) is 1. The van der Waals surface area contributed by atoms with Crippen LogP contribution in [-0.2, 0) is 14.3 Å². The fraction of sp³-hybridized carbons (Fsp3) is 0.833. The van der Waals surface area contributed by atoms with Gasteiger partial charge in [0.05, 0.1) is 18.9 Å². The Hall–Kier alpha value is -1.06. The summed E-state index contributed by atoms with van der Waals surface area (Å²) in [7, 11) is 1.35. The minimum absolute atomic E-state index is 0.196. The molecule has 3 saturated carbocycles. The molecule has 4 atom stereocenters. The number of methoxy groups -OCH3 is 1. The second kappa shape index (κ2) is 2.99. The van der Waals surface area contributed by atoms with Crippen molar-refractivity contribution in [2.45, 2.75) is 25.7 Å². The van der Waals surface area contributed by atoms with E-state index in [1.165, 1.54) is 7.11 Å². The SMILES string of the molecule is COC(=O)[C@@H]1[C@@H](C(=O)O)[C@H]2CC[C@H]1C21CC1. The first-order chi connectivity index (χ1) is 7.62. The van der Waals surface area contributed by atoms with Crippen molar-refractivity contribution in [3.8, 4) is 0 Å². The van der Waals surface area contributed by atoms with Gasteiger partial charge < -0.3 is 9.84 Å². The lowest BCUT2D eigenvalue weighted by Crippen LogP contribution is -2.35. The number of esters is 1. The Labute approximate surface area is 94.0 Å². The summed E-state index contributed by atoms with van der Waals surface area (Å²) in [5.41, 5.74) is 0.196. The van der Waals surface area contributed by atoms with E-state index >= 15 is 0 Å². The molecule has 3 rings (SSSR count).